The van der Waals surface area contributed by atoms with Crippen LogP contribution >= 0.6 is 0 Å². The number of hydrogen-bond acceptors (Lipinski definition) is 1. The second kappa shape index (κ2) is 8.48. The van der Waals surface area contributed by atoms with Crippen molar-refractivity contribution in [2.45, 2.75) is 65.2 Å². The first-order valence-corrected chi connectivity index (χ1v) is 14.1. The maximum absolute atomic E-state index is 14.3. The van der Waals surface area contributed by atoms with E-state index < -0.39 is 5.92 Å². The van der Waals surface area contributed by atoms with Crippen molar-refractivity contribution in [2.75, 3.05) is 0 Å². The summed E-state index contributed by atoms with van der Waals surface area (Å²) in [6.45, 7) is 8.90. The zero-order valence-electron chi connectivity index (χ0n) is 23.3. The Kier molecular flexibility index (Phi) is 5.33. The normalized spacial score (nSPS) is 18.5. The molecular weight excluding hydrogens is 488 g/mol. The van der Waals surface area contributed by atoms with Gasteiger partial charge >= 0.3 is 0 Å². The van der Waals surface area contributed by atoms with Crippen LogP contribution < -0.4 is 4.57 Å². The van der Waals surface area contributed by atoms with Gasteiger partial charge in [0.25, 0.3) is 0 Å². The van der Waals surface area contributed by atoms with Gasteiger partial charge in [-0.15, -0.1) is 0 Å². The molecule has 2 aliphatic rings. The molecule has 1 saturated carbocycles. The van der Waals surface area contributed by atoms with E-state index >= 15 is 0 Å². The average Bonchev–Trinajstić information content (AvgIpc) is 3.54. The largest absolute Gasteiger partial charge is 0.455 e. The van der Waals surface area contributed by atoms with E-state index in [2.05, 4.69) is 81.9 Å². The lowest BCUT2D eigenvalue weighted by Crippen LogP contribution is -2.32. The van der Waals surface area contributed by atoms with Crippen molar-refractivity contribution in [2.24, 2.45) is 13.0 Å². The van der Waals surface area contributed by atoms with Crippen LogP contribution in [-0.2, 0) is 7.05 Å². The molecule has 2 aromatic heterocycles. The van der Waals surface area contributed by atoms with E-state index in [4.69, 9.17) is 4.42 Å². The van der Waals surface area contributed by atoms with Gasteiger partial charge in [-0.3, -0.25) is 0 Å². The van der Waals surface area contributed by atoms with Gasteiger partial charge in [0.15, 0.2) is 6.20 Å². The Morgan fingerprint density at radius 2 is 1.85 bits per heavy atom. The van der Waals surface area contributed by atoms with Gasteiger partial charge in [0.2, 0.25) is 11.6 Å². The standard InChI is InChI=1S/C35H34F2NO/c1-19(2)14-26-27-17-24(23-10-12-35(36,37)18-23)16-22-11-13-38(5)33(31(22)27)32(26)30-21(4)20(3)15-28-25-8-6-7-9-29(25)39-34(28)30/h6-9,11,13,15-17,19,23H,10,12,14,18H2,1-5H3/q+1. The zero-order chi connectivity index (χ0) is 27.2. The number of furan rings is 1. The lowest BCUT2D eigenvalue weighted by molar-refractivity contribution is -0.672. The van der Waals surface area contributed by atoms with Crippen LogP contribution in [0.3, 0.4) is 0 Å². The molecule has 2 nitrogen and oxygen atoms in total. The van der Waals surface area contributed by atoms with Crippen molar-refractivity contribution in [1.82, 2.24) is 0 Å². The fourth-order valence-corrected chi connectivity index (χ4v) is 7.09. The third-order valence-electron chi connectivity index (χ3n) is 9.05. The molecule has 0 N–H and O–H groups in total. The molecular formula is C35H34F2NO+. The van der Waals surface area contributed by atoms with Crippen molar-refractivity contribution in [3.8, 4) is 0 Å². The first-order chi connectivity index (χ1) is 18.6. The molecule has 3 aromatic carbocycles. The van der Waals surface area contributed by atoms with Gasteiger partial charge < -0.3 is 4.42 Å². The molecule has 7 rings (SSSR count). The molecule has 1 unspecified atom stereocenters. The Bertz CT molecular complexity index is 1860. The van der Waals surface area contributed by atoms with Gasteiger partial charge in [-0.05, 0) is 83.9 Å². The highest BCUT2D eigenvalue weighted by Gasteiger charge is 2.41. The molecule has 0 saturated heterocycles. The van der Waals surface area contributed by atoms with E-state index in [1.54, 1.807) is 0 Å². The van der Waals surface area contributed by atoms with Gasteiger partial charge in [0, 0.05) is 35.2 Å². The van der Waals surface area contributed by atoms with Crippen LogP contribution in [-0.4, -0.2) is 5.92 Å². The molecule has 2 aliphatic carbocycles. The fourth-order valence-electron chi connectivity index (χ4n) is 7.09. The minimum atomic E-state index is -2.57. The lowest BCUT2D eigenvalue weighted by Gasteiger charge is -2.16. The number of hydrogen-bond donors (Lipinski definition) is 0. The summed E-state index contributed by atoms with van der Waals surface area (Å²) in [6.07, 6.45) is 3.48. The van der Waals surface area contributed by atoms with Crippen molar-refractivity contribution in [1.29, 1.82) is 0 Å². The number of pyridine rings is 1. The number of nitrogens with zero attached hydrogens (tertiary/aromatic N) is 1. The minimum absolute atomic E-state index is 0.0213. The number of benzene rings is 3. The molecule has 0 spiro atoms. The number of aryl methyl sites for hydroxylation is 2. The van der Waals surface area contributed by atoms with Crippen molar-refractivity contribution < 1.29 is 17.8 Å². The van der Waals surface area contributed by atoms with Crippen LogP contribution in [0, 0.1) is 19.8 Å². The van der Waals surface area contributed by atoms with E-state index in [1.165, 1.54) is 38.9 Å². The highest BCUT2D eigenvalue weighted by atomic mass is 19.3. The predicted molar refractivity (Wildman–Crippen MR) is 155 cm³/mol. The van der Waals surface area contributed by atoms with Crippen molar-refractivity contribution >= 4 is 43.9 Å². The molecule has 0 amide bonds. The van der Waals surface area contributed by atoms with E-state index in [1.807, 2.05) is 12.1 Å². The summed E-state index contributed by atoms with van der Waals surface area (Å²) < 4.78 is 37.4. The molecule has 5 aromatic rings. The number of halogens is 2. The summed E-state index contributed by atoms with van der Waals surface area (Å²) in [5.74, 6) is -2.24. The van der Waals surface area contributed by atoms with Gasteiger partial charge in [-0.25, -0.2) is 13.3 Å². The molecule has 0 radical (unpaired) electrons. The minimum Gasteiger partial charge on any atom is -0.455 e. The predicted octanol–water partition coefficient (Wildman–Crippen LogP) is 9.40. The molecule has 4 heteroatoms. The van der Waals surface area contributed by atoms with Gasteiger partial charge in [0.1, 0.15) is 18.2 Å². The summed E-state index contributed by atoms with van der Waals surface area (Å²) in [6, 6.07) is 17.1. The van der Waals surface area contributed by atoms with E-state index in [9.17, 15) is 8.78 Å². The SMILES string of the molecule is Cc1cc2c(oc3ccccc32)c(C2=C(CC(C)C)c3cc(C4CCC(F)(F)C4)cc4cc[n+](C)c2c34)c1C. The third kappa shape index (κ3) is 3.67. The van der Waals surface area contributed by atoms with Crippen LogP contribution in [0.25, 0.3) is 43.9 Å². The number of aromatic nitrogens is 1. The number of allylic oxidation sites excluding steroid dienone is 1. The number of fused-ring (bicyclic) bond motifs is 3. The van der Waals surface area contributed by atoms with E-state index in [-0.39, 0.29) is 18.8 Å². The molecule has 1 fully saturated rings. The molecule has 198 valence electrons. The summed E-state index contributed by atoms with van der Waals surface area (Å²) in [5.41, 5.74) is 11.4. The average molecular weight is 523 g/mol. The summed E-state index contributed by atoms with van der Waals surface area (Å²) >= 11 is 0. The molecule has 0 aliphatic heterocycles. The Labute approximate surface area is 227 Å². The van der Waals surface area contributed by atoms with Gasteiger partial charge in [0.05, 0.1) is 11.0 Å². The maximum Gasteiger partial charge on any atom is 0.248 e. The second-order valence-corrected chi connectivity index (χ2v) is 12.2. The Balaban J connectivity index is 1.58. The highest BCUT2D eigenvalue weighted by molar-refractivity contribution is 6.20. The quantitative estimate of drug-likeness (QED) is 0.215. The smallest absolute Gasteiger partial charge is 0.248 e. The fraction of sp³-hybridized carbons (Fsp3) is 0.343. The highest BCUT2D eigenvalue weighted by Crippen LogP contribution is 2.52. The van der Waals surface area contributed by atoms with Crippen LogP contribution in [0.5, 0.6) is 0 Å². The van der Waals surface area contributed by atoms with Gasteiger partial charge in [-0.2, -0.15) is 0 Å². The monoisotopic (exact) mass is 522 g/mol. The Morgan fingerprint density at radius 3 is 2.59 bits per heavy atom. The lowest BCUT2D eigenvalue weighted by atomic mass is 9.87. The Hall–Kier alpha value is -3.53. The van der Waals surface area contributed by atoms with Crippen molar-refractivity contribution in [3.63, 3.8) is 0 Å². The van der Waals surface area contributed by atoms with Crippen LogP contribution in [0.15, 0.2) is 59.1 Å². The first-order valence-electron chi connectivity index (χ1n) is 14.1. The summed E-state index contributed by atoms with van der Waals surface area (Å²) in [4.78, 5) is 0. The second-order valence-electron chi connectivity index (χ2n) is 12.2. The Morgan fingerprint density at radius 1 is 1.05 bits per heavy atom. The zero-order valence-corrected chi connectivity index (χ0v) is 23.3. The number of alkyl halides is 2. The number of rotatable bonds is 4. The summed E-state index contributed by atoms with van der Waals surface area (Å²) in [5, 5.41) is 4.63. The van der Waals surface area contributed by atoms with E-state index in [0.29, 0.717) is 12.3 Å². The first kappa shape index (κ1) is 24.5. The van der Waals surface area contributed by atoms with Crippen LogP contribution in [0.4, 0.5) is 8.78 Å². The molecule has 0 bridgehead atoms. The van der Waals surface area contributed by atoms with Crippen molar-refractivity contribution in [3.05, 3.63) is 88.2 Å². The topological polar surface area (TPSA) is 17.0 Å². The van der Waals surface area contributed by atoms with Crippen LogP contribution in [0.1, 0.15) is 79.0 Å². The van der Waals surface area contributed by atoms with Crippen LogP contribution in [0.2, 0.25) is 0 Å². The molecule has 39 heavy (non-hydrogen) atoms. The summed E-state index contributed by atoms with van der Waals surface area (Å²) in [7, 11) is 2.11. The van der Waals surface area contributed by atoms with E-state index in [0.717, 1.165) is 44.9 Å². The number of para-hydroxylation sites is 1. The third-order valence-corrected chi connectivity index (χ3v) is 9.05. The molecule has 2 heterocycles. The maximum atomic E-state index is 14.3. The van der Waals surface area contributed by atoms with Gasteiger partial charge in [-0.1, -0.05) is 44.2 Å². The molecule has 1 atom stereocenters.